The zero-order valence-corrected chi connectivity index (χ0v) is 18.4. The second-order valence-electron chi connectivity index (χ2n) is 7.13. The molecule has 1 aromatic carbocycles. The van der Waals surface area contributed by atoms with Crippen molar-refractivity contribution < 1.29 is 19.2 Å². The highest BCUT2D eigenvalue weighted by atomic mass is 32.1. The highest BCUT2D eigenvalue weighted by molar-refractivity contribution is 7.11. The average Bonchev–Trinajstić information content (AvgIpc) is 2.98. The van der Waals surface area contributed by atoms with Crippen molar-refractivity contribution >= 4 is 29.0 Å². The summed E-state index contributed by atoms with van der Waals surface area (Å²) in [6.07, 6.45) is -0.570. The van der Waals surface area contributed by atoms with Gasteiger partial charge in [-0.3, -0.25) is 14.9 Å². The van der Waals surface area contributed by atoms with Gasteiger partial charge in [0.25, 0.3) is 5.69 Å². The third-order valence-corrected chi connectivity index (χ3v) is 5.49. The second-order valence-corrected chi connectivity index (χ2v) is 8.37. The molecule has 0 unspecified atom stereocenters. The van der Waals surface area contributed by atoms with Crippen LogP contribution in [0.5, 0.6) is 0 Å². The molecule has 0 aliphatic carbocycles. The number of para-hydroxylation sites is 1. The Hall–Kier alpha value is -3.01. The Balaban J connectivity index is 2.22. The van der Waals surface area contributed by atoms with Crippen molar-refractivity contribution in [3.05, 3.63) is 55.5 Å². The van der Waals surface area contributed by atoms with Crippen LogP contribution >= 0.6 is 11.3 Å². The lowest BCUT2D eigenvalue weighted by atomic mass is 10.0. The molecule has 0 aliphatic rings. The first-order valence-electron chi connectivity index (χ1n) is 9.52. The molecular weight excluding hydrogens is 408 g/mol. The monoisotopic (exact) mass is 434 g/mol. The van der Waals surface area contributed by atoms with Gasteiger partial charge in [-0.25, -0.2) is 9.78 Å². The minimum atomic E-state index is -0.922. The molecule has 0 bridgehead atoms. The molecule has 2 amide bonds. The van der Waals surface area contributed by atoms with Crippen molar-refractivity contribution in [1.29, 1.82) is 0 Å². The zero-order chi connectivity index (χ0) is 22.4. The normalized spacial score (nSPS) is 12.9. The third kappa shape index (κ3) is 6.24. The molecule has 0 spiro atoms. The number of thiazole rings is 1. The molecule has 30 heavy (non-hydrogen) atoms. The summed E-state index contributed by atoms with van der Waals surface area (Å²) < 4.78 is 5.17. The number of nitro benzene ring substituents is 1. The number of esters is 1. The van der Waals surface area contributed by atoms with Crippen molar-refractivity contribution in [3.8, 4) is 0 Å². The molecule has 2 rings (SSSR count). The molecule has 1 heterocycles. The van der Waals surface area contributed by atoms with E-state index in [-0.39, 0.29) is 29.8 Å². The fourth-order valence-electron chi connectivity index (χ4n) is 3.08. The Bertz CT molecular complexity index is 928. The van der Waals surface area contributed by atoms with E-state index in [4.69, 9.17) is 4.74 Å². The van der Waals surface area contributed by atoms with E-state index in [1.807, 2.05) is 20.8 Å². The van der Waals surface area contributed by atoms with E-state index >= 15 is 0 Å². The minimum absolute atomic E-state index is 0.179. The molecule has 0 saturated carbocycles. The lowest BCUT2D eigenvalue weighted by Crippen LogP contribution is -2.40. The number of urea groups is 1. The fourth-order valence-corrected chi connectivity index (χ4v) is 4.01. The number of benzene rings is 1. The first-order chi connectivity index (χ1) is 14.1. The van der Waals surface area contributed by atoms with Crippen LogP contribution in [0.4, 0.5) is 10.5 Å². The number of aryl methyl sites for hydroxylation is 2. The zero-order valence-electron chi connectivity index (χ0n) is 17.6. The summed E-state index contributed by atoms with van der Waals surface area (Å²) in [6, 6.07) is 4.22. The van der Waals surface area contributed by atoms with Crippen LogP contribution in [0.1, 0.15) is 60.4 Å². The predicted octanol–water partition coefficient (Wildman–Crippen LogP) is 4.11. The van der Waals surface area contributed by atoms with E-state index in [0.29, 0.717) is 0 Å². The Morgan fingerprint density at radius 1 is 1.20 bits per heavy atom. The molecule has 0 saturated heterocycles. The quantitative estimate of drug-likeness (QED) is 0.366. The van der Waals surface area contributed by atoms with Crippen LogP contribution in [-0.2, 0) is 9.53 Å². The summed E-state index contributed by atoms with van der Waals surface area (Å²) in [4.78, 5) is 41.0. The first-order valence-corrected chi connectivity index (χ1v) is 10.3. The second kappa shape index (κ2) is 10.1. The van der Waals surface area contributed by atoms with Gasteiger partial charge in [0.1, 0.15) is 0 Å². The highest BCUT2D eigenvalue weighted by Crippen LogP contribution is 2.28. The number of hydrogen-bond acceptors (Lipinski definition) is 7. The number of aromatic nitrogens is 1. The van der Waals surface area contributed by atoms with Gasteiger partial charge in [0, 0.05) is 10.9 Å². The van der Waals surface area contributed by atoms with Gasteiger partial charge in [-0.05, 0) is 34.6 Å². The van der Waals surface area contributed by atoms with Gasteiger partial charge in [-0.15, -0.1) is 11.3 Å². The van der Waals surface area contributed by atoms with Crippen molar-refractivity contribution in [2.75, 3.05) is 0 Å². The fraction of sp³-hybridized carbons (Fsp3) is 0.450. The lowest BCUT2D eigenvalue weighted by Gasteiger charge is -2.21. The van der Waals surface area contributed by atoms with E-state index in [1.165, 1.54) is 29.5 Å². The molecule has 2 aromatic rings. The number of ether oxygens (including phenoxy) is 1. The Labute approximate surface area is 179 Å². The molecule has 0 radical (unpaired) electrons. The molecule has 10 heteroatoms. The lowest BCUT2D eigenvalue weighted by molar-refractivity contribution is -0.385. The van der Waals surface area contributed by atoms with Gasteiger partial charge in [-0.1, -0.05) is 18.2 Å². The van der Waals surface area contributed by atoms with E-state index in [1.54, 1.807) is 19.9 Å². The summed E-state index contributed by atoms with van der Waals surface area (Å²) in [5.41, 5.74) is 0.888. The number of carbonyl (C=O) groups is 2. The maximum atomic E-state index is 12.7. The van der Waals surface area contributed by atoms with Crippen LogP contribution in [0.3, 0.4) is 0 Å². The van der Waals surface area contributed by atoms with Crippen LogP contribution < -0.4 is 10.6 Å². The van der Waals surface area contributed by atoms with Crippen molar-refractivity contribution in [2.45, 2.75) is 59.2 Å². The Morgan fingerprint density at radius 3 is 2.43 bits per heavy atom. The van der Waals surface area contributed by atoms with Gasteiger partial charge in [0.05, 0.1) is 45.8 Å². The highest BCUT2D eigenvalue weighted by Gasteiger charge is 2.27. The summed E-state index contributed by atoms with van der Waals surface area (Å²) >= 11 is 1.49. The molecule has 9 nitrogen and oxygen atoms in total. The standard InChI is InChI=1S/C20H26N4O5S/c1-11(2)29-18(25)10-16(15-8-6-7-9-17(15)24(27)28)23-20(26)22-13(4)19-12(3)21-14(5)30-19/h6-9,11,13,16H,10H2,1-5H3,(H2,22,23,26)/t13-,16-/m0/s1. The summed E-state index contributed by atoms with van der Waals surface area (Å²) in [7, 11) is 0. The SMILES string of the molecule is Cc1nc(C)c([C@H](C)NC(=O)N[C@@H](CC(=O)OC(C)C)c2ccccc2[N+](=O)[O-])s1. The minimum Gasteiger partial charge on any atom is -0.463 e. The van der Waals surface area contributed by atoms with Crippen LogP contribution in [0.2, 0.25) is 0 Å². The third-order valence-electron chi connectivity index (χ3n) is 4.23. The van der Waals surface area contributed by atoms with Gasteiger partial charge < -0.3 is 15.4 Å². The van der Waals surface area contributed by atoms with E-state index in [2.05, 4.69) is 15.6 Å². The topological polar surface area (TPSA) is 123 Å². The smallest absolute Gasteiger partial charge is 0.315 e. The predicted molar refractivity (Wildman–Crippen MR) is 113 cm³/mol. The first kappa shape index (κ1) is 23.3. The molecule has 2 N–H and O–H groups in total. The molecule has 0 aliphatic heterocycles. The number of hydrogen-bond donors (Lipinski definition) is 2. The summed E-state index contributed by atoms with van der Waals surface area (Å²) in [6.45, 7) is 9.00. The summed E-state index contributed by atoms with van der Waals surface area (Å²) in [5, 5.41) is 17.8. The number of nitrogens with one attached hydrogen (secondary N) is 2. The van der Waals surface area contributed by atoms with Crippen LogP contribution in [0.15, 0.2) is 24.3 Å². The average molecular weight is 435 g/mol. The largest absolute Gasteiger partial charge is 0.463 e. The van der Waals surface area contributed by atoms with Crippen molar-refractivity contribution in [1.82, 2.24) is 15.6 Å². The summed E-state index contributed by atoms with van der Waals surface area (Å²) in [5.74, 6) is -0.560. The number of rotatable bonds is 8. The van der Waals surface area contributed by atoms with Gasteiger partial charge in [0.15, 0.2) is 0 Å². The van der Waals surface area contributed by atoms with E-state index < -0.39 is 23.0 Å². The van der Waals surface area contributed by atoms with Crippen LogP contribution in [0, 0.1) is 24.0 Å². The molecule has 1 aromatic heterocycles. The van der Waals surface area contributed by atoms with E-state index in [9.17, 15) is 19.7 Å². The Morgan fingerprint density at radius 2 is 1.87 bits per heavy atom. The van der Waals surface area contributed by atoms with Crippen molar-refractivity contribution in [3.63, 3.8) is 0 Å². The van der Waals surface area contributed by atoms with Crippen LogP contribution in [0.25, 0.3) is 0 Å². The molecule has 0 fully saturated rings. The number of nitrogens with zero attached hydrogens (tertiary/aromatic N) is 2. The van der Waals surface area contributed by atoms with E-state index in [0.717, 1.165) is 15.6 Å². The maximum Gasteiger partial charge on any atom is 0.315 e. The number of carbonyl (C=O) groups excluding carboxylic acids is 2. The maximum absolute atomic E-state index is 12.7. The molecule has 2 atom stereocenters. The van der Waals surface area contributed by atoms with Crippen LogP contribution in [-0.4, -0.2) is 28.0 Å². The molecule has 162 valence electrons. The van der Waals surface area contributed by atoms with Crippen molar-refractivity contribution in [2.24, 2.45) is 0 Å². The number of amides is 2. The number of nitro groups is 1. The van der Waals surface area contributed by atoms with Gasteiger partial charge in [0.2, 0.25) is 0 Å². The Kier molecular flexibility index (Phi) is 7.87. The van der Waals surface area contributed by atoms with Gasteiger partial charge in [-0.2, -0.15) is 0 Å². The molecular formula is C20H26N4O5S. The van der Waals surface area contributed by atoms with Gasteiger partial charge >= 0.3 is 12.0 Å².